The predicted molar refractivity (Wildman–Crippen MR) is 132 cm³/mol. The van der Waals surface area contributed by atoms with Gasteiger partial charge in [0.2, 0.25) is 11.8 Å². The molecule has 2 atom stereocenters. The van der Waals surface area contributed by atoms with E-state index in [1.54, 1.807) is 6.20 Å². The van der Waals surface area contributed by atoms with Crippen LogP contribution in [0, 0.1) is 11.3 Å². The van der Waals surface area contributed by atoms with Gasteiger partial charge in [0.05, 0.1) is 6.20 Å². The normalized spacial score (nSPS) is 20.7. The summed E-state index contributed by atoms with van der Waals surface area (Å²) in [6, 6.07) is -0.204. The smallest absolute Gasteiger partial charge is 0.224 e. The molecule has 30 heavy (non-hydrogen) atoms. The number of oxazole rings is 1. The highest BCUT2D eigenvalue weighted by Gasteiger charge is 2.58. The molecule has 9 heteroatoms. The van der Waals surface area contributed by atoms with Crippen molar-refractivity contribution >= 4 is 54.6 Å². The van der Waals surface area contributed by atoms with Crippen molar-refractivity contribution in [3.05, 3.63) is 16.8 Å². The topological polar surface area (TPSA) is 75.4 Å². The molecule has 2 aliphatic rings. The van der Waals surface area contributed by atoms with Crippen LogP contribution in [0.3, 0.4) is 0 Å². The average Bonchev–Trinajstić information content (AvgIpc) is 3.22. The lowest BCUT2D eigenvalue weighted by Gasteiger charge is -2.30. The highest BCUT2D eigenvalue weighted by Crippen LogP contribution is 2.59. The molecule has 3 rings (SSSR count). The fourth-order valence-corrected chi connectivity index (χ4v) is 4.59. The highest BCUT2D eigenvalue weighted by atomic mass is 79.9. The van der Waals surface area contributed by atoms with Crippen LogP contribution in [0.5, 0.6) is 0 Å². The minimum absolute atomic E-state index is 0. The lowest BCUT2D eigenvalue weighted by Crippen LogP contribution is -2.36. The van der Waals surface area contributed by atoms with Crippen LogP contribution >= 0.6 is 42.9 Å². The van der Waals surface area contributed by atoms with Crippen molar-refractivity contribution < 1.29 is 14.0 Å². The summed E-state index contributed by atoms with van der Waals surface area (Å²) in [4.78, 5) is 31.0. The number of carbonyl (C=O) groups excluding carboxylic acids is 2. The summed E-state index contributed by atoms with van der Waals surface area (Å²) < 4.78 is 6.22. The third-order valence-electron chi connectivity index (χ3n) is 6.44. The van der Waals surface area contributed by atoms with Crippen molar-refractivity contribution in [3.63, 3.8) is 0 Å². The van der Waals surface area contributed by atoms with E-state index in [2.05, 4.69) is 38.2 Å². The summed E-state index contributed by atoms with van der Waals surface area (Å²) in [7, 11) is 2.15. The zero-order valence-electron chi connectivity index (χ0n) is 18.0. The zero-order valence-corrected chi connectivity index (χ0v) is 21.6. The molecule has 1 aromatic heterocycles. The van der Waals surface area contributed by atoms with Crippen LogP contribution in [-0.2, 0) is 9.59 Å². The molecule has 1 amide bonds. The predicted octanol–water partition coefficient (Wildman–Crippen LogP) is 4.48. The van der Waals surface area contributed by atoms with Gasteiger partial charge < -0.3 is 14.6 Å². The summed E-state index contributed by atoms with van der Waals surface area (Å²) >= 11 is 3.30. The van der Waals surface area contributed by atoms with E-state index >= 15 is 0 Å². The maximum absolute atomic E-state index is 12.9. The summed E-state index contributed by atoms with van der Waals surface area (Å²) in [5, 5.41) is 3.21. The molecule has 1 aromatic rings. The summed E-state index contributed by atoms with van der Waals surface area (Å²) in [6.45, 7) is 4.07. The van der Waals surface area contributed by atoms with Crippen molar-refractivity contribution in [1.82, 2.24) is 15.2 Å². The Hall–Kier alpha value is -0.510. The van der Waals surface area contributed by atoms with E-state index < -0.39 is 0 Å². The minimum Gasteiger partial charge on any atom is -0.432 e. The van der Waals surface area contributed by atoms with Crippen LogP contribution in [0.2, 0.25) is 0 Å². The van der Waals surface area contributed by atoms with Crippen molar-refractivity contribution in [1.29, 1.82) is 0 Å². The molecule has 172 valence electrons. The Morgan fingerprint density at radius 3 is 2.60 bits per heavy atom. The maximum Gasteiger partial charge on any atom is 0.224 e. The third kappa shape index (κ3) is 7.28. The first kappa shape index (κ1) is 27.5. The number of rotatable bonds is 10. The number of hydrogen-bond acceptors (Lipinski definition) is 5. The number of nitrogens with zero attached hydrogens (tertiary/aromatic N) is 2. The van der Waals surface area contributed by atoms with E-state index in [1.807, 2.05) is 6.92 Å². The van der Waals surface area contributed by atoms with E-state index in [4.69, 9.17) is 4.42 Å². The number of hydrogen-bond donors (Lipinski definition) is 1. The number of piperidine rings is 1. The number of amides is 1. The highest BCUT2D eigenvalue weighted by molar-refractivity contribution is 9.10. The average molecular weight is 523 g/mol. The molecule has 6 nitrogen and oxygen atoms in total. The second kappa shape index (κ2) is 12.5. The second-order valence-corrected chi connectivity index (χ2v) is 9.26. The lowest BCUT2D eigenvalue weighted by atomic mass is 9.91. The molecular formula is C21H36BrN3O3S2. The Morgan fingerprint density at radius 1 is 1.30 bits per heavy atom. The first-order chi connectivity index (χ1) is 13.4. The number of nitrogens with one attached hydrogen (secondary N) is 1. The van der Waals surface area contributed by atoms with Crippen LogP contribution in [0.15, 0.2) is 15.3 Å². The number of likely N-dealkylation sites (tertiary alicyclic amines) is 1. The van der Waals surface area contributed by atoms with E-state index in [9.17, 15) is 9.59 Å². The number of unbranched alkanes of at least 4 members (excludes halogenated alkanes) is 2. The molecule has 1 spiro atoms. The molecule has 1 N–H and O–H groups in total. The van der Waals surface area contributed by atoms with Gasteiger partial charge in [-0.05, 0) is 73.6 Å². The SMILES string of the molecule is CCC(=O)CCCCC[C@H](NC(=O)[C@H]1CC12CCN(C)CC2)c1ncc(Br)o1.S.S. The Balaban J connectivity index is 0.00000225. The van der Waals surface area contributed by atoms with Crippen molar-refractivity contribution in [2.75, 3.05) is 20.1 Å². The third-order valence-corrected chi connectivity index (χ3v) is 6.81. The van der Waals surface area contributed by atoms with Gasteiger partial charge >= 0.3 is 0 Å². The number of carbonyl (C=O) groups is 2. The number of aromatic nitrogens is 1. The Bertz CT molecular complexity index is 693. The first-order valence-electron chi connectivity index (χ1n) is 10.6. The molecule has 0 radical (unpaired) electrons. The molecule has 0 bridgehead atoms. The Kier molecular flexibility index (Phi) is 11.5. The van der Waals surface area contributed by atoms with Gasteiger partial charge in [-0.2, -0.15) is 27.0 Å². The zero-order chi connectivity index (χ0) is 20.1. The molecular weight excluding hydrogens is 486 g/mol. The van der Waals surface area contributed by atoms with Gasteiger partial charge in [0, 0.05) is 18.8 Å². The maximum atomic E-state index is 12.9. The van der Waals surface area contributed by atoms with E-state index in [0.717, 1.165) is 58.0 Å². The van der Waals surface area contributed by atoms with Gasteiger partial charge in [-0.3, -0.25) is 9.59 Å². The van der Waals surface area contributed by atoms with Crippen LogP contribution in [0.4, 0.5) is 0 Å². The van der Waals surface area contributed by atoms with Gasteiger partial charge in [-0.1, -0.05) is 19.8 Å². The molecule has 1 saturated heterocycles. The van der Waals surface area contributed by atoms with Gasteiger partial charge in [0.1, 0.15) is 11.8 Å². The molecule has 2 fully saturated rings. The summed E-state index contributed by atoms with van der Waals surface area (Å²) in [6.07, 6.45) is 9.72. The minimum atomic E-state index is -0.204. The standard InChI is InChI=1S/C21H32BrN3O3.2H2S/c1-3-15(26)7-5-4-6-8-17(20-23-14-18(22)28-20)24-19(27)16-13-21(16)9-11-25(2)12-10-21;;/h14,16-17H,3-13H2,1-2H3,(H,24,27);2*1H2/t16-,17+;;/m1../s1. The molecule has 2 heterocycles. The van der Waals surface area contributed by atoms with Crippen molar-refractivity contribution in [2.24, 2.45) is 11.3 Å². The number of ketones is 1. The first-order valence-corrected chi connectivity index (χ1v) is 11.3. The Morgan fingerprint density at radius 2 is 2.00 bits per heavy atom. The summed E-state index contributed by atoms with van der Waals surface area (Å²) in [5.41, 5.74) is 0.221. The molecule has 1 aliphatic heterocycles. The van der Waals surface area contributed by atoms with Crippen LogP contribution < -0.4 is 5.32 Å². The molecule has 0 unspecified atom stereocenters. The van der Waals surface area contributed by atoms with Crippen molar-refractivity contribution in [2.45, 2.75) is 70.8 Å². The quantitative estimate of drug-likeness (QED) is 0.459. The largest absolute Gasteiger partial charge is 0.432 e. The van der Waals surface area contributed by atoms with Crippen molar-refractivity contribution in [3.8, 4) is 0 Å². The van der Waals surface area contributed by atoms with Crippen LogP contribution in [-0.4, -0.2) is 41.7 Å². The monoisotopic (exact) mass is 521 g/mol. The van der Waals surface area contributed by atoms with E-state index in [0.29, 0.717) is 29.2 Å². The Labute approximate surface area is 202 Å². The number of Topliss-reactive ketones (excluding diaryl/α,β-unsaturated/α-hetero) is 1. The van der Waals surface area contributed by atoms with E-state index in [1.165, 1.54) is 0 Å². The van der Waals surface area contributed by atoms with Gasteiger partial charge in [0.25, 0.3) is 0 Å². The second-order valence-electron chi connectivity index (χ2n) is 8.48. The van der Waals surface area contributed by atoms with Gasteiger partial charge in [0.15, 0.2) is 4.67 Å². The summed E-state index contributed by atoms with van der Waals surface area (Å²) in [5.74, 6) is 1.15. The number of halogens is 1. The molecule has 1 aliphatic carbocycles. The van der Waals surface area contributed by atoms with Gasteiger partial charge in [-0.15, -0.1) is 0 Å². The van der Waals surface area contributed by atoms with Crippen LogP contribution in [0.1, 0.15) is 76.6 Å². The van der Waals surface area contributed by atoms with E-state index in [-0.39, 0.29) is 50.3 Å². The fourth-order valence-electron chi connectivity index (χ4n) is 4.32. The molecule has 1 saturated carbocycles. The fraction of sp³-hybridized carbons (Fsp3) is 0.762. The lowest BCUT2D eigenvalue weighted by molar-refractivity contribution is -0.124. The van der Waals surface area contributed by atoms with Gasteiger partial charge in [-0.25, -0.2) is 4.98 Å². The molecule has 0 aromatic carbocycles. The van der Waals surface area contributed by atoms with Crippen LogP contribution in [0.25, 0.3) is 0 Å².